The van der Waals surface area contributed by atoms with Crippen LogP contribution in [-0.2, 0) is 4.79 Å². The molecule has 0 saturated carbocycles. The van der Waals surface area contributed by atoms with Crippen LogP contribution >= 0.6 is 0 Å². The van der Waals surface area contributed by atoms with E-state index in [0.717, 1.165) is 32.1 Å². The first kappa shape index (κ1) is 44.9. The normalized spacial score (nSPS) is 13.2. The second kappa shape index (κ2) is 38.3. The van der Waals surface area contributed by atoms with Crippen molar-refractivity contribution in [3.63, 3.8) is 0 Å². The molecule has 0 aliphatic carbocycles. The Morgan fingerprint density at radius 2 is 0.848 bits per heavy atom. The Morgan fingerprint density at radius 3 is 1.26 bits per heavy atom. The number of carbonyl (C=O) groups is 1. The maximum atomic E-state index is 12.3. The molecule has 0 bridgehead atoms. The number of allylic oxidation sites excluding steroid dienone is 3. The molecule has 0 radical (unpaired) electrons. The van der Waals surface area contributed by atoms with E-state index in [1.807, 2.05) is 6.08 Å². The maximum Gasteiger partial charge on any atom is 0.220 e. The van der Waals surface area contributed by atoms with Gasteiger partial charge in [-0.05, 0) is 32.1 Å². The summed E-state index contributed by atoms with van der Waals surface area (Å²) in [6.07, 6.45) is 48.5. The van der Waals surface area contributed by atoms with Crippen molar-refractivity contribution in [3.8, 4) is 0 Å². The van der Waals surface area contributed by atoms with E-state index in [2.05, 4.69) is 31.3 Å². The third-order valence-electron chi connectivity index (χ3n) is 9.44. The highest BCUT2D eigenvalue weighted by Gasteiger charge is 2.17. The van der Waals surface area contributed by atoms with Gasteiger partial charge in [-0.2, -0.15) is 0 Å². The highest BCUT2D eigenvalue weighted by atomic mass is 16.3. The third kappa shape index (κ3) is 34.2. The van der Waals surface area contributed by atoms with Crippen LogP contribution in [0.1, 0.15) is 219 Å². The minimum Gasteiger partial charge on any atom is -0.394 e. The van der Waals surface area contributed by atoms with Crippen molar-refractivity contribution in [2.24, 2.45) is 0 Å². The van der Waals surface area contributed by atoms with E-state index in [-0.39, 0.29) is 12.5 Å². The molecule has 2 atom stereocenters. The summed E-state index contributed by atoms with van der Waals surface area (Å²) in [7, 11) is 0. The lowest BCUT2D eigenvalue weighted by atomic mass is 10.0. The predicted octanol–water partition coefficient (Wildman–Crippen LogP) is 12.5. The molecule has 0 fully saturated rings. The van der Waals surface area contributed by atoms with Gasteiger partial charge in [0.25, 0.3) is 0 Å². The zero-order valence-corrected chi connectivity index (χ0v) is 31.1. The Kier molecular flexibility index (Phi) is 37.4. The smallest absolute Gasteiger partial charge is 0.220 e. The Bertz CT molecular complexity index is 661. The number of rotatable bonds is 37. The minimum absolute atomic E-state index is 0.0717. The Morgan fingerprint density at radius 1 is 0.500 bits per heavy atom. The predicted molar refractivity (Wildman–Crippen MR) is 202 cm³/mol. The molecule has 272 valence electrons. The lowest BCUT2D eigenvalue weighted by Gasteiger charge is -2.19. The van der Waals surface area contributed by atoms with Crippen LogP contribution in [0.15, 0.2) is 24.3 Å². The van der Waals surface area contributed by atoms with E-state index >= 15 is 0 Å². The average Bonchev–Trinajstić information content (AvgIpc) is 3.06. The maximum absolute atomic E-state index is 12.3. The van der Waals surface area contributed by atoms with Gasteiger partial charge in [0.05, 0.1) is 18.8 Å². The van der Waals surface area contributed by atoms with Crippen LogP contribution in [0.25, 0.3) is 0 Å². The fourth-order valence-corrected chi connectivity index (χ4v) is 6.25. The molecule has 3 N–H and O–H groups in total. The second-order valence-corrected chi connectivity index (χ2v) is 14.1. The summed E-state index contributed by atoms with van der Waals surface area (Å²) in [5.41, 5.74) is 0. The number of aliphatic hydroxyl groups is 2. The van der Waals surface area contributed by atoms with Gasteiger partial charge in [0.15, 0.2) is 0 Å². The molecular weight excluding hydrogens is 566 g/mol. The summed E-state index contributed by atoms with van der Waals surface area (Å²) < 4.78 is 0. The van der Waals surface area contributed by atoms with Crippen LogP contribution < -0.4 is 5.32 Å². The van der Waals surface area contributed by atoms with Gasteiger partial charge in [-0.15, -0.1) is 0 Å². The highest BCUT2D eigenvalue weighted by Crippen LogP contribution is 2.15. The molecule has 4 nitrogen and oxygen atoms in total. The number of carbonyl (C=O) groups excluding carboxylic acids is 1. The average molecular weight is 648 g/mol. The molecule has 0 aromatic rings. The van der Waals surface area contributed by atoms with Gasteiger partial charge in [-0.3, -0.25) is 4.79 Å². The Balaban J connectivity index is 3.55. The molecule has 0 heterocycles. The molecule has 0 aliphatic heterocycles. The fraction of sp³-hybridized carbons (Fsp3) is 0.881. The lowest BCUT2D eigenvalue weighted by Crippen LogP contribution is -2.45. The summed E-state index contributed by atoms with van der Waals surface area (Å²) in [6, 6.07) is -0.633. The third-order valence-corrected chi connectivity index (χ3v) is 9.44. The highest BCUT2D eigenvalue weighted by molar-refractivity contribution is 5.76. The summed E-state index contributed by atoms with van der Waals surface area (Å²) in [5.74, 6) is -0.0717. The molecule has 0 aromatic heterocycles. The first-order valence-corrected chi connectivity index (χ1v) is 20.6. The number of hydrogen-bond donors (Lipinski definition) is 3. The van der Waals surface area contributed by atoms with Crippen LogP contribution in [0.4, 0.5) is 0 Å². The lowest BCUT2D eigenvalue weighted by molar-refractivity contribution is -0.123. The minimum atomic E-state index is -0.856. The molecule has 46 heavy (non-hydrogen) atoms. The topological polar surface area (TPSA) is 69.6 Å². The van der Waals surface area contributed by atoms with Crippen LogP contribution in [0.3, 0.4) is 0 Å². The summed E-state index contributed by atoms with van der Waals surface area (Å²) >= 11 is 0. The molecule has 0 aromatic carbocycles. The number of unbranched alkanes of at least 4 members (excludes halogenated alkanes) is 28. The van der Waals surface area contributed by atoms with Gasteiger partial charge in [0, 0.05) is 6.42 Å². The molecular formula is C42H81NO3. The van der Waals surface area contributed by atoms with Crippen LogP contribution in [-0.4, -0.2) is 34.9 Å². The first-order chi connectivity index (χ1) is 22.7. The standard InChI is InChI=1S/C42H81NO3/c1-3-5-7-9-11-13-15-17-18-19-20-21-22-23-24-26-28-30-32-34-36-38-42(46)43-40(39-44)41(45)37-35-33-31-29-27-25-16-14-12-10-8-6-4-2/h27,29,35,37,40-41,44-45H,3-26,28,30-34,36,38-39H2,1-2H3,(H,43,46)/b29-27-,37-35+/t40-,41+/m0/s1. The van der Waals surface area contributed by atoms with E-state index in [9.17, 15) is 15.0 Å². The van der Waals surface area contributed by atoms with Gasteiger partial charge in [0.2, 0.25) is 5.91 Å². The molecule has 0 rings (SSSR count). The van der Waals surface area contributed by atoms with Gasteiger partial charge in [0.1, 0.15) is 0 Å². The van der Waals surface area contributed by atoms with Crippen molar-refractivity contribution in [3.05, 3.63) is 24.3 Å². The van der Waals surface area contributed by atoms with Crippen molar-refractivity contribution in [1.82, 2.24) is 5.32 Å². The zero-order valence-electron chi connectivity index (χ0n) is 31.1. The molecule has 4 heteroatoms. The molecule has 0 saturated heterocycles. The van der Waals surface area contributed by atoms with Crippen LogP contribution in [0, 0.1) is 0 Å². The first-order valence-electron chi connectivity index (χ1n) is 20.6. The number of hydrogen-bond acceptors (Lipinski definition) is 3. The van der Waals surface area contributed by atoms with Crippen molar-refractivity contribution in [2.75, 3.05) is 6.61 Å². The number of aliphatic hydroxyl groups excluding tert-OH is 2. The van der Waals surface area contributed by atoms with Crippen molar-refractivity contribution in [1.29, 1.82) is 0 Å². The monoisotopic (exact) mass is 648 g/mol. The van der Waals surface area contributed by atoms with E-state index in [0.29, 0.717) is 6.42 Å². The van der Waals surface area contributed by atoms with Gasteiger partial charge in [-0.1, -0.05) is 205 Å². The molecule has 0 aliphatic rings. The zero-order chi connectivity index (χ0) is 33.6. The van der Waals surface area contributed by atoms with Crippen molar-refractivity contribution >= 4 is 5.91 Å². The van der Waals surface area contributed by atoms with E-state index in [1.54, 1.807) is 6.08 Å². The SMILES string of the molecule is CCCCCCCCC/C=C\CC/C=C/[C@@H](O)[C@H](CO)NC(=O)CCCCCCCCCCCCCCCCCCCCCCC. The molecule has 1 amide bonds. The Hall–Kier alpha value is -1.13. The summed E-state index contributed by atoms with van der Waals surface area (Å²) in [6.45, 7) is 4.29. The van der Waals surface area contributed by atoms with Crippen LogP contribution in [0.2, 0.25) is 0 Å². The van der Waals surface area contributed by atoms with Gasteiger partial charge < -0.3 is 15.5 Å². The van der Waals surface area contributed by atoms with Crippen molar-refractivity contribution in [2.45, 2.75) is 231 Å². The van der Waals surface area contributed by atoms with E-state index in [4.69, 9.17) is 0 Å². The largest absolute Gasteiger partial charge is 0.394 e. The second-order valence-electron chi connectivity index (χ2n) is 14.1. The van der Waals surface area contributed by atoms with E-state index < -0.39 is 12.1 Å². The van der Waals surface area contributed by atoms with Gasteiger partial charge >= 0.3 is 0 Å². The van der Waals surface area contributed by atoms with Gasteiger partial charge in [-0.25, -0.2) is 0 Å². The Labute approximate surface area is 288 Å². The summed E-state index contributed by atoms with van der Waals surface area (Å²) in [5, 5.41) is 22.9. The van der Waals surface area contributed by atoms with E-state index in [1.165, 1.54) is 167 Å². The molecule has 0 unspecified atom stereocenters. The fourth-order valence-electron chi connectivity index (χ4n) is 6.25. The molecule has 0 spiro atoms. The van der Waals surface area contributed by atoms with Crippen LogP contribution in [0.5, 0.6) is 0 Å². The number of amides is 1. The van der Waals surface area contributed by atoms with Crippen molar-refractivity contribution < 1.29 is 15.0 Å². The summed E-state index contributed by atoms with van der Waals surface area (Å²) in [4.78, 5) is 12.3. The quantitative estimate of drug-likeness (QED) is 0.0464. The number of nitrogens with one attached hydrogen (secondary N) is 1.